The average Bonchev–Trinajstić information content (AvgIpc) is 2.53. The van der Waals surface area contributed by atoms with Gasteiger partial charge in [0.2, 0.25) is 0 Å². The van der Waals surface area contributed by atoms with Gasteiger partial charge in [-0.3, -0.25) is 0 Å². The molecule has 1 unspecified atom stereocenters. The lowest BCUT2D eigenvalue weighted by molar-refractivity contribution is -0.0103. The second-order valence-corrected chi connectivity index (χ2v) is 7.33. The summed E-state index contributed by atoms with van der Waals surface area (Å²) in [6.45, 7) is 5.14. The maximum atomic E-state index is 10.7. The Morgan fingerprint density at radius 2 is 1.90 bits per heavy atom. The largest absolute Gasteiger partial charge is 0.389 e. The van der Waals surface area contributed by atoms with Crippen molar-refractivity contribution < 1.29 is 5.11 Å². The molecular formula is C18H29NOS. The summed E-state index contributed by atoms with van der Waals surface area (Å²) >= 11 is 1.77. The van der Waals surface area contributed by atoms with E-state index in [1.54, 1.807) is 11.8 Å². The Bertz CT molecular complexity index is 423. The molecule has 0 radical (unpaired) electrons. The van der Waals surface area contributed by atoms with Gasteiger partial charge in [-0.05, 0) is 62.5 Å². The average molecular weight is 308 g/mol. The summed E-state index contributed by atoms with van der Waals surface area (Å²) < 4.78 is 0. The molecule has 0 amide bonds. The van der Waals surface area contributed by atoms with Crippen LogP contribution in [0.3, 0.4) is 0 Å². The van der Waals surface area contributed by atoms with Gasteiger partial charge in [-0.25, -0.2) is 0 Å². The highest BCUT2D eigenvalue weighted by atomic mass is 32.2. The first-order valence-electron chi connectivity index (χ1n) is 8.16. The maximum Gasteiger partial charge on any atom is 0.0772 e. The van der Waals surface area contributed by atoms with Crippen molar-refractivity contribution in [2.75, 3.05) is 12.8 Å². The summed E-state index contributed by atoms with van der Waals surface area (Å²) in [6, 6.07) is 8.98. The number of aliphatic hydroxyl groups is 1. The second kappa shape index (κ2) is 7.66. The molecule has 21 heavy (non-hydrogen) atoms. The van der Waals surface area contributed by atoms with E-state index in [2.05, 4.69) is 49.7 Å². The van der Waals surface area contributed by atoms with E-state index < -0.39 is 5.60 Å². The van der Waals surface area contributed by atoms with Crippen molar-refractivity contribution in [1.82, 2.24) is 5.32 Å². The Kier molecular flexibility index (Phi) is 6.15. The highest BCUT2D eigenvalue weighted by Crippen LogP contribution is 2.33. The maximum absolute atomic E-state index is 10.7. The molecule has 118 valence electrons. The molecule has 1 aromatic rings. The topological polar surface area (TPSA) is 32.3 Å². The van der Waals surface area contributed by atoms with Crippen LogP contribution in [0.5, 0.6) is 0 Å². The number of hydrogen-bond donors (Lipinski definition) is 2. The normalized spacial score (nSPS) is 27.5. The molecule has 0 aliphatic heterocycles. The van der Waals surface area contributed by atoms with Crippen molar-refractivity contribution in [3.05, 3.63) is 29.8 Å². The summed E-state index contributed by atoms with van der Waals surface area (Å²) in [6.07, 6.45) is 7.57. The van der Waals surface area contributed by atoms with Crippen LogP contribution >= 0.6 is 11.8 Å². The zero-order valence-corrected chi connectivity index (χ0v) is 14.4. The van der Waals surface area contributed by atoms with E-state index >= 15 is 0 Å². The molecule has 2 rings (SSSR count). The zero-order valence-electron chi connectivity index (χ0n) is 13.6. The van der Waals surface area contributed by atoms with E-state index in [1.165, 1.54) is 29.7 Å². The fraction of sp³-hybridized carbons (Fsp3) is 0.667. The minimum atomic E-state index is -0.501. The Hall–Kier alpha value is -0.510. The van der Waals surface area contributed by atoms with Crippen LogP contribution in [0.2, 0.25) is 0 Å². The van der Waals surface area contributed by atoms with E-state index in [0.29, 0.717) is 6.54 Å². The third-order valence-corrected chi connectivity index (χ3v) is 5.71. The molecule has 1 saturated carbocycles. The summed E-state index contributed by atoms with van der Waals surface area (Å²) in [5.41, 5.74) is 0.790. The van der Waals surface area contributed by atoms with E-state index in [9.17, 15) is 5.11 Å². The number of nitrogens with one attached hydrogen (secondary N) is 1. The third-order valence-electron chi connectivity index (χ3n) is 4.97. The molecule has 1 aromatic carbocycles. The highest BCUT2D eigenvalue weighted by Gasteiger charge is 2.32. The molecule has 0 heterocycles. The van der Waals surface area contributed by atoms with Crippen LogP contribution in [0.15, 0.2) is 29.2 Å². The Balaban J connectivity index is 1.84. The molecular weight excluding hydrogens is 278 g/mol. The Labute approximate surface area is 133 Å². The van der Waals surface area contributed by atoms with Crippen molar-refractivity contribution >= 4 is 11.8 Å². The SMILES string of the molecule is CCC1CCC(O)(CNC(C)c2ccc(SC)cc2)CC1. The smallest absolute Gasteiger partial charge is 0.0772 e. The fourth-order valence-corrected chi connectivity index (χ4v) is 3.56. The molecule has 2 nitrogen and oxygen atoms in total. The minimum absolute atomic E-state index is 0.286. The Morgan fingerprint density at radius 3 is 2.43 bits per heavy atom. The predicted octanol–water partition coefficient (Wildman–Crippen LogP) is 4.39. The van der Waals surface area contributed by atoms with E-state index in [-0.39, 0.29) is 6.04 Å². The minimum Gasteiger partial charge on any atom is -0.389 e. The lowest BCUT2D eigenvalue weighted by atomic mass is 9.77. The summed E-state index contributed by atoms with van der Waals surface area (Å²) in [5, 5.41) is 14.2. The third kappa shape index (κ3) is 4.73. The summed E-state index contributed by atoms with van der Waals surface area (Å²) in [7, 11) is 0. The van der Waals surface area contributed by atoms with Gasteiger partial charge in [0.1, 0.15) is 0 Å². The summed E-state index contributed by atoms with van der Waals surface area (Å²) in [4.78, 5) is 1.29. The first kappa shape index (κ1) is 16.9. The van der Waals surface area contributed by atoms with Crippen molar-refractivity contribution in [3.63, 3.8) is 0 Å². The molecule has 1 atom stereocenters. The zero-order chi connectivity index (χ0) is 15.3. The van der Waals surface area contributed by atoms with Gasteiger partial charge in [-0.1, -0.05) is 25.5 Å². The van der Waals surface area contributed by atoms with Crippen molar-refractivity contribution in [1.29, 1.82) is 0 Å². The van der Waals surface area contributed by atoms with Gasteiger partial charge < -0.3 is 10.4 Å². The lowest BCUT2D eigenvalue weighted by Gasteiger charge is -2.36. The van der Waals surface area contributed by atoms with E-state index in [4.69, 9.17) is 0 Å². The molecule has 3 heteroatoms. The predicted molar refractivity (Wildman–Crippen MR) is 91.8 cm³/mol. The first-order chi connectivity index (χ1) is 10.1. The molecule has 0 spiro atoms. The van der Waals surface area contributed by atoms with Crippen molar-refractivity contribution in [2.45, 2.75) is 62.5 Å². The van der Waals surface area contributed by atoms with Crippen LogP contribution in [0, 0.1) is 5.92 Å². The first-order valence-corrected chi connectivity index (χ1v) is 9.38. The lowest BCUT2D eigenvalue weighted by Crippen LogP contribution is -2.44. The second-order valence-electron chi connectivity index (χ2n) is 6.45. The van der Waals surface area contributed by atoms with E-state index in [1.807, 2.05) is 0 Å². The number of benzene rings is 1. The fourth-order valence-electron chi connectivity index (χ4n) is 3.15. The molecule has 0 bridgehead atoms. The monoisotopic (exact) mass is 307 g/mol. The van der Waals surface area contributed by atoms with Crippen molar-refractivity contribution in [3.8, 4) is 0 Å². The van der Waals surface area contributed by atoms with Crippen LogP contribution in [0.25, 0.3) is 0 Å². The molecule has 1 aliphatic rings. The Morgan fingerprint density at radius 1 is 1.29 bits per heavy atom. The van der Waals surface area contributed by atoms with Crippen LogP contribution in [-0.2, 0) is 0 Å². The molecule has 1 aliphatic carbocycles. The summed E-state index contributed by atoms with van der Waals surface area (Å²) in [5.74, 6) is 0.821. The molecule has 0 saturated heterocycles. The van der Waals surface area contributed by atoms with E-state index in [0.717, 1.165) is 18.8 Å². The van der Waals surface area contributed by atoms with Crippen LogP contribution in [0.4, 0.5) is 0 Å². The van der Waals surface area contributed by atoms with Crippen LogP contribution < -0.4 is 5.32 Å². The van der Waals surface area contributed by atoms with Crippen molar-refractivity contribution in [2.24, 2.45) is 5.92 Å². The molecule has 1 fully saturated rings. The molecule has 0 aromatic heterocycles. The van der Waals surface area contributed by atoms with Gasteiger partial charge >= 0.3 is 0 Å². The highest BCUT2D eigenvalue weighted by molar-refractivity contribution is 7.98. The van der Waals surface area contributed by atoms with Gasteiger partial charge in [-0.15, -0.1) is 11.8 Å². The van der Waals surface area contributed by atoms with Gasteiger partial charge in [0.25, 0.3) is 0 Å². The van der Waals surface area contributed by atoms with Crippen LogP contribution in [0.1, 0.15) is 57.6 Å². The van der Waals surface area contributed by atoms with Gasteiger partial charge in [-0.2, -0.15) is 0 Å². The molecule has 2 N–H and O–H groups in total. The van der Waals surface area contributed by atoms with Gasteiger partial charge in [0.15, 0.2) is 0 Å². The standard InChI is InChI=1S/C18H29NOS/c1-4-15-9-11-18(20,12-10-15)13-19-14(2)16-5-7-17(21-3)8-6-16/h5-8,14-15,19-20H,4,9-13H2,1-3H3. The number of hydrogen-bond acceptors (Lipinski definition) is 3. The number of thioether (sulfide) groups is 1. The quantitative estimate of drug-likeness (QED) is 0.765. The van der Waals surface area contributed by atoms with Gasteiger partial charge in [0, 0.05) is 17.5 Å². The van der Waals surface area contributed by atoms with Crippen LogP contribution in [-0.4, -0.2) is 23.5 Å². The van der Waals surface area contributed by atoms with Gasteiger partial charge in [0.05, 0.1) is 5.60 Å². The number of rotatable bonds is 6.